The van der Waals surface area contributed by atoms with Crippen molar-refractivity contribution in [2.24, 2.45) is 0 Å². The Kier molecular flexibility index (Phi) is 6.79. The molecule has 2 rings (SSSR count). The maximum atomic E-state index is 12.9. The molecular weight excluding hydrogens is 383 g/mol. The van der Waals surface area contributed by atoms with Gasteiger partial charge in [-0.25, -0.2) is 0 Å². The van der Waals surface area contributed by atoms with Gasteiger partial charge in [-0.15, -0.1) is 0 Å². The Hall–Kier alpha value is -2.61. The maximum absolute atomic E-state index is 12.9. The fraction of sp³-hybridized carbons (Fsp3) is 0.278. The van der Waals surface area contributed by atoms with Crippen LogP contribution in [0, 0.1) is 0 Å². The van der Waals surface area contributed by atoms with Gasteiger partial charge >= 0.3 is 6.18 Å². The Labute approximate surface area is 159 Å². The van der Waals surface area contributed by atoms with Crippen molar-refractivity contribution in [2.45, 2.75) is 26.1 Å². The van der Waals surface area contributed by atoms with E-state index in [1.54, 1.807) is 24.5 Å². The minimum atomic E-state index is -4.62. The molecule has 0 unspecified atom stereocenters. The molecule has 0 aliphatic rings. The summed E-state index contributed by atoms with van der Waals surface area (Å²) in [6.07, 6.45) is -1.46. The summed E-state index contributed by atoms with van der Waals surface area (Å²) >= 11 is 5.55. The number of carbonyl (C=O) groups excluding carboxylic acids is 2. The minimum absolute atomic E-state index is 0.0154. The summed E-state index contributed by atoms with van der Waals surface area (Å²) in [5.74, 6) is -0.736. The summed E-state index contributed by atoms with van der Waals surface area (Å²) in [5.41, 5.74) is -0.233. The van der Waals surface area contributed by atoms with Crippen molar-refractivity contribution in [3.05, 3.63) is 58.9 Å². The van der Waals surface area contributed by atoms with E-state index in [9.17, 15) is 22.8 Å². The number of hydrogen-bond donors (Lipinski definition) is 1. The molecule has 9 heteroatoms. The molecule has 1 aromatic heterocycles. The monoisotopic (exact) mass is 399 g/mol. The van der Waals surface area contributed by atoms with Crippen LogP contribution < -0.4 is 5.32 Å². The Bertz CT molecular complexity index is 813. The lowest BCUT2D eigenvalue weighted by molar-refractivity contribution is -0.137. The molecule has 27 heavy (non-hydrogen) atoms. The number of pyridine rings is 1. The smallest absolute Gasteiger partial charge is 0.338 e. The number of benzene rings is 1. The number of aromatic nitrogens is 1. The molecule has 2 amide bonds. The van der Waals surface area contributed by atoms with Gasteiger partial charge in [0.25, 0.3) is 0 Å². The van der Waals surface area contributed by atoms with Gasteiger partial charge in [-0.3, -0.25) is 14.6 Å². The lowest BCUT2D eigenvalue weighted by Crippen LogP contribution is -2.31. The van der Waals surface area contributed by atoms with Gasteiger partial charge in [-0.2, -0.15) is 13.2 Å². The van der Waals surface area contributed by atoms with E-state index in [4.69, 9.17) is 11.6 Å². The predicted molar refractivity (Wildman–Crippen MR) is 95.0 cm³/mol. The summed E-state index contributed by atoms with van der Waals surface area (Å²) < 4.78 is 38.6. The molecule has 0 radical (unpaired) electrons. The summed E-state index contributed by atoms with van der Waals surface area (Å²) in [6.45, 7) is 1.79. The largest absolute Gasteiger partial charge is 0.417 e. The fourth-order valence-corrected chi connectivity index (χ4v) is 2.56. The highest BCUT2D eigenvalue weighted by molar-refractivity contribution is 6.31. The third-order valence-electron chi connectivity index (χ3n) is 3.71. The molecule has 1 N–H and O–H groups in total. The second-order valence-electron chi connectivity index (χ2n) is 5.79. The van der Waals surface area contributed by atoms with Gasteiger partial charge in [0.05, 0.1) is 10.6 Å². The van der Waals surface area contributed by atoms with Crippen molar-refractivity contribution in [1.29, 1.82) is 0 Å². The van der Waals surface area contributed by atoms with E-state index < -0.39 is 22.7 Å². The van der Waals surface area contributed by atoms with Gasteiger partial charge in [0.15, 0.2) is 0 Å². The highest BCUT2D eigenvalue weighted by Crippen LogP contribution is 2.36. The second-order valence-corrected chi connectivity index (χ2v) is 6.20. The van der Waals surface area contributed by atoms with Crippen molar-refractivity contribution in [2.75, 3.05) is 11.9 Å². The Morgan fingerprint density at radius 3 is 2.59 bits per heavy atom. The Balaban J connectivity index is 1.97. The molecule has 0 atom stereocenters. The third kappa shape index (κ3) is 6.25. The van der Waals surface area contributed by atoms with Crippen molar-refractivity contribution < 1.29 is 22.8 Å². The fourth-order valence-electron chi connectivity index (χ4n) is 2.34. The zero-order chi connectivity index (χ0) is 20.0. The van der Waals surface area contributed by atoms with Gasteiger partial charge < -0.3 is 10.2 Å². The Morgan fingerprint density at radius 2 is 2.00 bits per heavy atom. The zero-order valence-corrected chi connectivity index (χ0v) is 15.1. The molecule has 0 aliphatic heterocycles. The second kappa shape index (κ2) is 8.85. The number of rotatable bonds is 6. The number of nitrogens with one attached hydrogen (secondary N) is 1. The van der Waals surface area contributed by atoms with Gasteiger partial charge in [0.1, 0.15) is 0 Å². The summed E-state index contributed by atoms with van der Waals surface area (Å²) in [4.78, 5) is 29.2. The molecular formula is C18H17ClF3N3O2. The topological polar surface area (TPSA) is 62.3 Å². The number of amides is 2. The van der Waals surface area contributed by atoms with Crippen molar-refractivity contribution in [1.82, 2.24) is 9.88 Å². The summed E-state index contributed by atoms with van der Waals surface area (Å²) in [7, 11) is 0. The van der Waals surface area contributed by atoms with E-state index >= 15 is 0 Å². The van der Waals surface area contributed by atoms with E-state index in [2.05, 4.69) is 10.3 Å². The van der Waals surface area contributed by atoms with E-state index in [0.29, 0.717) is 0 Å². The highest BCUT2D eigenvalue weighted by Gasteiger charge is 2.33. The average molecular weight is 400 g/mol. The highest BCUT2D eigenvalue weighted by atomic mass is 35.5. The Morgan fingerprint density at radius 1 is 1.26 bits per heavy atom. The molecule has 0 saturated heterocycles. The lowest BCUT2D eigenvalue weighted by Gasteiger charge is -2.21. The SMILES string of the molecule is CC(=O)N(CCC(=O)Nc1ccc(Cl)c(C(F)(F)F)c1)Cc1cccnc1. The molecule has 0 spiro atoms. The molecule has 2 aromatic rings. The molecule has 1 aromatic carbocycles. The van der Waals surface area contributed by atoms with Crippen LogP contribution in [0.4, 0.5) is 18.9 Å². The molecule has 0 saturated carbocycles. The first-order chi connectivity index (χ1) is 12.7. The van der Waals surface area contributed by atoms with Crippen LogP contribution in [0.25, 0.3) is 0 Å². The van der Waals surface area contributed by atoms with Crippen molar-refractivity contribution in [3.63, 3.8) is 0 Å². The molecule has 5 nitrogen and oxygen atoms in total. The van der Waals surface area contributed by atoms with E-state index in [-0.39, 0.29) is 31.1 Å². The van der Waals surface area contributed by atoms with Crippen molar-refractivity contribution in [3.8, 4) is 0 Å². The number of alkyl halides is 3. The quantitative estimate of drug-likeness (QED) is 0.794. The van der Waals surface area contributed by atoms with Crippen LogP contribution in [0.15, 0.2) is 42.7 Å². The number of hydrogen-bond acceptors (Lipinski definition) is 3. The third-order valence-corrected chi connectivity index (χ3v) is 4.04. The van der Waals surface area contributed by atoms with E-state index in [0.717, 1.165) is 17.7 Å². The van der Waals surface area contributed by atoms with Crippen LogP contribution in [0.3, 0.4) is 0 Å². The van der Waals surface area contributed by atoms with Gasteiger partial charge in [-0.05, 0) is 29.8 Å². The minimum Gasteiger partial charge on any atom is -0.338 e. The van der Waals surface area contributed by atoms with Crippen LogP contribution >= 0.6 is 11.6 Å². The van der Waals surface area contributed by atoms with E-state index in [1.165, 1.54) is 17.9 Å². The summed E-state index contributed by atoms with van der Waals surface area (Å²) in [5, 5.41) is 1.95. The number of halogens is 4. The van der Waals surface area contributed by atoms with Gasteiger partial charge in [0, 0.05) is 44.5 Å². The average Bonchev–Trinajstić information content (AvgIpc) is 2.60. The molecule has 144 valence electrons. The van der Waals surface area contributed by atoms with Crippen LogP contribution in [0.2, 0.25) is 5.02 Å². The molecule has 0 aliphatic carbocycles. The maximum Gasteiger partial charge on any atom is 0.417 e. The lowest BCUT2D eigenvalue weighted by atomic mass is 10.2. The molecule has 1 heterocycles. The predicted octanol–water partition coefficient (Wildman–Crippen LogP) is 4.13. The molecule has 0 bridgehead atoms. The van der Waals surface area contributed by atoms with E-state index in [1.807, 2.05) is 0 Å². The molecule has 0 fully saturated rings. The zero-order valence-electron chi connectivity index (χ0n) is 14.4. The van der Waals surface area contributed by atoms with Crippen LogP contribution in [-0.2, 0) is 22.3 Å². The van der Waals surface area contributed by atoms with Gasteiger partial charge in [0.2, 0.25) is 11.8 Å². The van der Waals surface area contributed by atoms with Crippen LogP contribution in [0.5, 0.6) is 0 Å². The first-order valence-corrected chi connectivity index (χ1v) is 8.35. The van der Waals surface area contributed by atoms with Crippen molar-refractivity contribution >= 4 is 29.1 Å². The van der Waals surface area contributed by atoms with Gasteiger partial charge in [-0.1, -0.05) is 17.7 Å². The number of anilines is 1. The van der Waals surface area contributed by atoms with Crippen LogP contribution in [0.1, 0.15) is 24.5 Å². The summed E-state index contributed by atoms with van der Waals surface area (Å²) in [6, 6.07) is 6.67. The first-order valence-electron chi connectivity index (χ1n) is 7.98. The number of carbonyl (C=O) groups is 2. The van der Waals surface area contributed by atoms with Crippen LogP contribution in [-0.4, -0.2) is 28.2 Å². The normalized spacial score (nSPS) is 11.1. The standard InChI is InChI=1S/C18H17ClF3N3O2/c1-12(26)25(11-13-3-2-7-23-10-13)8-6-17(27)24-14-4-5-16(19)15(9-14)18(20,21)22/h2-5,7,9-10H,6,8,11H2,1H3,(H,24,27). The first kappa shape index (κ1) is 20.7. The number of nitrogens with zero attached hydrogens (tertiary/aromatic N) is 2.